The number of hydrogen-bond acceptors (Lipinski definition) is 5. The predicted molar refractivity (Wildman–Crippen MR) is 130 cm³/mol. The summed E-state index contributed by atoms with van der Waals surface area (Å²) in [7, 11) is 0. The van der Waals surface area contributed by atoms with Gasteiger partial charge >= 0.3 is 0 Å². The second kappa shape index (κ2) is 9.00. The third-order valence-electron chi connectivity index (χ3n) is 6.04. The lowest BCUT2D eigenvalue weighted by molar-refractivity contribution is 0.189. The molecule has 1 aliphatic heterocycles. The number of fused-ring (bicyclic) bond motifs is 1. The molecule has 0 unspecified atom stereocenters. The van der Waals surface area contributed by atoms with E-state index in [2.05, 4.69) is 58.1 Å². The zero-order valence-corrected chi connectivity index (χ0v) is 19.0. The molecule has 0 atom stereocenters. The molecule has 6 nitrogen and oxygen atoms in total. The first-order valence-corrected chi connectivity index (χ1v) is 11.2. The number of pyridine rings is 1. The van der Waals surface area contributed by atoms with E-state index in [1.54, 1.807) is 6.20 Å². The summed E-state index contributed by atoms with van der Waals surface area (Å²) >= 11 is 0. The lowest BCUT2D eigenvalue weighted by Gasteiger charge is -2.38. The average Bonchev–Trinajstić information content (AvgIpc) is 2.83. The Hall–Kier alpha value is -3.77. The van der Waals surface area contributed by atoms with Gasteiger partial charge < -0.3 is 0 Å². The van der Waals surface area contributed by atoms with Crippen molar-refractivity contribution < 1.29 is 0 Å². The van der Waals surface area contributed by atoms with Crippen LogP contribution in [0.3, 0.4) is 0 Å². The van der Waals surface area contributed by atoms with Gasteiger partial charge in [-0.25, -0.2) is 4.98 Å². The molecule has 0 fully saturated rings. The fourth-order valence-electron chi connectivity index (χ4n) is 4.37. The molecular formula is C27H27N5O. The number of aryl methyl sites for hydroxylation is 2. The molecule has 0 amide bonds. The van der Waals surface area contributed by atoms with Gasteiger partial charge in [-0.05, 0) is 48.7 Å². The maximum Gasteiger partial charge on any atom is 0.259 e. The Morgan fingerprint density at radius 1 is 0.909 bits per heavy atom. The molecule has 6 heteroatoms. The molecule has 33 heavy (non-hydrogen) atoms. The summed E-state index contributed by atoms with van der Waals surface area (Å²) < 4.78 is 1.81. The fraction of sp³-hybridized carbons (Fsp3) is 0.222. The highest BCUT2D eigenvalue weighted by Gasteiger charge is 2.28. The molecular weight excluding hydrogens is 410 g/mol. The van der Waals surface area contributed by atoms with Crippen LogP contribution in [0.2, 0.25) is 0 Å². The first-order chi connectivity index (χ1) is 16.1. The lowest BCUT2D eigenvalue weighted by atomic mass is 10.1. The Balaban J connectivity index is 1.58. The monoisotopic (exact) mass is 437 g/mol. The molecule has 0 N–H and O–H groups in total. The van der Waals surface area contributed by atoms with Gasteiger partial charge in [0, 0.05) is 36.6 Å². The molecule has 0 saturated carbocycles. The highest BCUT2D eigenvalue weighted by Crippen LogP contribution is 2.29. The molecule has 3 heterocycles. The fourth-order valence-corrected chi connectivity index (χ4v) is 4.37. The van der Waals surface area contributed by atoms with Crippen molar-refractivity contribution in [3.63, 3.8) is 0 Å². The van der Waals surface area contributed by atoms with Gasteiger partial charge in [-0.15, -0.1) is 0 Å². The molecule has 2 aromatic carbocycles. The SMILES string of the molecule is Cc1cccc(N2CN(Cc3cccnc3)Cn3c2nc(C)c(Cc2ccccc2)c3=O)c1. The van der Waals surface area contributed by atoms with Gasteiger partial charge in [-0.2, -0.15) is 0 Å². The third-order valence-corrected chi connectivity index (χ3v) is 6.04. The number of hydrogen-bond donors (Lipinski definition) is 0. The average molecular weight is 438 g/mol. The quantitative estimate of drug-likeness (QED) is 0.463. The van der Waals surface area contributed by atoms with E-state index in [4.69, 9.17) is 4.98 Å². The molecule has 0 aliphatic carbocycles. The zero-order valence-electron chi connectivity index (χ0n) is 19.0. The summed E-state index contributed by atoms with van der Waals surface area (Å²) in [6.07, 6.45) is 4.23. The van der Waals surface area contributed by atoms with E-state index in [1.807, 2.05) is 48.0 Å². The highest BCUT2D eigenvalue weighted by atomic mass is 16.1. The maximum atomic E-state index is 13.7. The van der Waals surface area contributed by atoms with E-state index in [1.165, 1.54) is 5.56 Å². The van der Waals surface area contributed by atoms with Gasteiger partial charge in [-0.3, -0.25) is 24.1 Å². The van der Waals surface area contributed by atoms with Crippen molar-refractivity contribution in [2.45, 2.75) is 33.5 Å². The van der Waals surface area contributed by atoms with Crippen molar-refractivity contribution >= 4 is 11.6 Å². The second-order valence-electron chi connectivity index (χ2n) is 8.61. The van der Waals surface area contributed by atoms with Crippen LogP contribution < -0.4 is 10.5 Å². The van der Waals surface area contributed by atoms with Gasteiger partial charge in [0.2, 0.25) is 5.95 Å². The van der Waals surface area contributed by atoms with Gasteiger partial charge in [0.05, 0.1) is 19.0 Å². The van der Waals surface area contributed by atoms with Crippen LogP contribution >= 0.6 is 0 Å². The van der Waals surface area contributed by atoms with E-state index in [9.17, 15) is 4.79 Å². The summed E-state index contributed by atoms with van der Waals surface area (Å²) in [6.45, 7) is 5.85. The summed E-state index contributed by atoms with van der Waals surface area (Å²) in [4.78, 5) is 27.3. The molecule has 0 radical (unpaired) electrons. The first kappa shape index (κ1) is 21.1. The van der Waals surface area contributed by atoms with Gasteiger partial charge in [-0.1, -0.05) is 48.5 Å². The zero-order chi connectivity index (χ0) is 22.8. The minimum atomic E-state index is 0.0230. The highest BCUT2D eigenvalue weighted by molar-refractivity contribution is 5.59. The number of nitrogens with zero attached hydrogens (tertiary/aromatic N) is 5. The van der Waals surface area contributed by atoms with Crippen LogP contribution in [0, 0.1) is 13.8 Å². The van der Waals surface area contributed by atoms with Crippen LogP contribution in [0.4, 0.5) is 11.6 Å². The van der Waals surface area contributed by atoms with Crippen LogP contribution in [0.1, 0.15) is 27.9 Å². The van der Waals surface area contributed by atoms with E-state index in [-0.39, 0.29) is 5.56 Å². The smallest absolute Gasteiger partial charge is 0.259 e. The maximum absolute atomic E-state index is 13.7. The molecule has 166 valence electrons. The molecule has 5 rings (SSSR count). The van der Waals surface area contributed by atoms with Gasteiger partial charge in [0.15, 0.2) is 0 Å². The van der Waals surface area contributed by atoms with Crippen LogP contribution in [0.5, 0.6) is 0 Å². The van der Waals surface area contributed by atoms with Gasteiger partial charge in [0.1, 0.15) is 0 Å². The standard InChI is InChI=1S/C27H27N5O/c1-20-8-6-12-24(14-20)31-18-30(17-23-11-7-13-28-16-23)19-32-26(33)25(21(2)29-27(31)32)15-22-9-4-3-5-10-22/h3-14,16H,15,17-19H2,1-2H3. The lowest BCUT2D eigenvalue weighted by Crippen LogP contribution is -2.47. The van der Waals surface area contributed by atoms with Crippen LogP contribution in [-0.4, -0.2) is 26.1 Å². The Morgan fingerprint density at radius 2 is 1.73 bits per heavy atom. The minimum Gasteiger partial charge on any atom is -0.298 e. The summed E-state index contributed by atoms with van der Waals surface area (Å²) in [5, 5.41) is 0. The number of benzene rings is 2. The Labute approximate surface area is 193 Å². The minimum absolute atomic E-state index is 0.0230. The summed E-state index contributed by atoms with van der Waals surface area (Å²) in [5.74, 6) is 0.697. The molecule has 0 spiro atoms. The second-order valence-corrected chi connectivity index (χ2v) is 8.61. The molecule has 1 aliphatic rings. The Morgan fingerprint density at radius 3 is 2.48 bits per heavy atom. The normalized spacial score (nSPS) is 13.7. The van der Waals surface area contributed by atoms with Crippen LogP contribution in [0.25, 0.3) is 0 Å². The predicted octanol–water partition coefficient (Wildman–Crippen LogP) is 4.41. The van der Waals surface area contributed by atoms with Crippen LogP contribution in [0.15, 0.2) is 83.9 Å². The van der Waals surface area contributed by atoms with Crippen molar-refractivity contribution in [2.24, 2.45) is 0 Å². The third kappa shape index (κ3) is 4.43. The number of anilines is 2. The Bertz CT molecular complexity index is 1320. The van der Waals surface area contributed by atoms with Crippen molar-refractivity contribution in [1.29, 1.82) is 0 Å². The summed E-state index contributed by atoms with van der Waals surface area (Å²) in [6, 6.07) is 22.4. The van der Waals surface area contributed by atoms with E-state index >= 15 is 0 Å². The van der Waals surface area contributed by atoms with Crippen molar-refractivity contribution in [3.8, 4) is 0 Å². The Kier molecular flexibility index (Phi) is 5.75. The number of aromatic nitrogens is 3. The molecule has 0 saturated heterocycles. The summed E-state index contributed by atoms with van der Waals surface area (Å²) in [5.41, 5.74) is 5.98. The largest absolute Gasteiger partial charge is 0.298 e. The van der Waals surface area contributed by atoms with Gasteiger partial charge in [0.25, 0.3) is 5.56 Å². The van der Waals surface area contributed by atoms with E-state index in [0.29, 0.717) is 32.3 Å². The molecule has 2 aromatic heterocycles. The van der Waals surface area contributed by atoms with Crippen molar-refractivity contribution in [3.05, 3.63) is 117 Å². The number of rotatable bonds is 5. The van der Waals surface area contributed by atoms with Crippen molar-refractivity contribution in [1.82, 2.24) is 19.4 Å². The molecule has 0 bridgehead atoms. The molecule has 4 aromatic rings. The topological polar surface area (TPSA) is 54.3 Å². The van der Waals surface area contributed by atoms with Crippen LogP contribution in [-0.2, 0) is 19.6 Å². The van der Waals surface area contributed by atoms with E-state index in [0.717, 1.165) is 28.1 Å². The van der Waals surface area contributed by atoms with Crippen molar-refractivity contribution in [2.75, 3.05) is 11.6 Å². The first-order valence-electron chi connectivity index (χ1n) is 11.2. The van der Waals surface area contributed by atoms with E-state index < -0.39 is 0 Å².